The molecule has 1 N–H and O–H groups in total. The van der Waals surface area contributed by atoms with Crippen molar-refractivity contribution in [2.45, 2.75) is 11.6 Å². The molecule has 1 fully saturated rings. The standard InChI is InChI=1S/C17H16F2N4O4S2/c18-12-3-1-4-13(19)15(12)29(24,25)22-8-6-21(7-9-22)11-23-17(28)27-16(20-23)14-5-2-10-26-14/h1-5,10H,6-9,11H2/p+1. The van der Waals surface area contributed by atoms with Crippen LogP contribution in [0.4, 0.5) is 8.78 Å². The van der Waals surface area contributed by atoms with Gasteiger partial charge in [0.1, 0.15) is 11.6 Å². The molecule has 1 aliphatic rings. The fourth-order valence-corrected chi connectivity index (χ4v) is 4.91. The number of rotatable bonds is 5. The highest BCUT2D eigenvalue weighted by Crippen LogP contribution is 2.22. The smallest absolute Gasteiger partial charge is 0.292 e. The van der Waals surface area contributed by atoms with Gasteiger partial charge in [-0.3, -0.25) is 0 Å². The highest BCUT2D eigenvalue weighted by molar-refractivity contribution is 7.89. The van der Waals surface area contributed by atoms with Crippen molar-refractivity contribution in [2.75, 3.05) is 26.2 Å². The van der Waals surface area contributed by atoms with Crippen LogP contribution in [0.25, 0.3) is 11.7 Å². The number of hydrogen-bond donors (Lipinski definition) is 1. The molecule has 0 atom stereocenters. The fourth-order valence-electron chi connectivity index (χ4n) is 3.18. The van der Waals surface area contributed by atoms with Crippen molar-refractivity contribution in [3.8, 4) is 11.7 Å². The zero-order valence-corrected chi connectivity index (χ0v) is 16.7. The van der Waals surface area contributed by atoms with Gasteiger partial charge in [-0.05, 0) is 36.5 Å². The average Bonchev–Trinajstić information content (AvgIpc) is 3.32. The molecule has 3 heterocycles. The van der Waals surface area contributed by atoms with E-state index in [0.717, 1.165) is 27.4 Å². The van der Waals surface area contributed by atoms with Crippen LogP contribution >= 0.6 is 12.2 Å². The van der Waals surface area contributed by atoms with Gasteiger partial charge in [0.05, 0.1) is 32.4 Å². The molecular weight excluding hydrogens is 426 g/mol. The Morgan fingerprint density at radius 1 is 1.14 bits per heavy atom. The Bertz CT molecular complexity index is 1150. The summed E-state index contributed by atoms with van der Waals surface area (Å²) in [6, 6.07) is 6.39. The Morgan fingerprint density at radius 3 is 2.45 bits per heavy atom. The number of nitrogens with one attached hydrogen (secondary N) is 1. The first-order valence-corrected chi connectivity index (χ1v) is 10.6. The molecule has 1 saturated heterocycles. The Balaban J connectivity index is 1.44. The number of furan rings is 1. The predicted molar refractivity (Wildman–Crippen MR) is 98.8 cm³/mol. The molecule has 29 heavy (non-hydrogen) atoms. The van der Waals surface area contributed by atoms with Crippen molar-refractivity contribution in [1.82, 2.24) is 14.1 Å². The summed E-state index contributed by atoms with van der Waals surface area (Å²) in [6.45, 7) is 1.42. The fraction of sp³-hybridized carbons (Fsp3) is 0.294. The Morgan fingerprint density at radius 2 is 1.83 bits per heavy atom. The Labute approximate surface area is 170 Å². The molecule has 12 heteroatoms. The quantitative estimate of drug-likeness (QED) is 0.599. The van der Waals surface area contributed by atoms with E-state index >= 15 is 0 Å². The van der Waals surface area contributed by atoms with Crippen molar-refractivity contribution in [3.63, 3.8) is 0 Å². The number of piperazine rings is 1. The third-order valence-electron chi connectivity index (χ3n) is 4.66. The van der Waals surface area contributed by atoms with Crippen LogP contribution in [0.5, 0.6) is 0 Å². The Kier molecular flexibility index (Phi) is 5.34. The molecule has 1 aliphatic heterocycles. The van der Waals surface area contributed by atoms with Crippen LogP contribution in [0, 0.1) is 16.5 Å². The van der Waals surface area contributed by atoms with E-state index in [9.17, 15) is 17.2 Å². The molecule has 0 saturated carbocycles. The first kappa shape index (κ1) is 19.9. The number of sulfonamides is 1. The van der Waals surface area contributed by atoms with E-state index < -0.39 is 26.6 Å². The molecule has 8 nitrogen and oxygen atoms in total. The molecule has 0 amide bonds. The summed E-state index contributed by atoms with van der Waals surface area (Å²) < 4.78 is 66.5. The molecular formula is C17H17F2N4O4S2+. The number of benzene rings is 1. The maximum absolute atomic E-state index is 13.9. The lowest BCUT2D eigenvalue weighted by molar-refractivity contribution is -0.927. The van der Waals surface area contributed by atoms with Gasteiger partial charge >= 0.3 is 0 Å². The van der Waals surface area contributed by atoms with Gasteiger partial charge < -0.3 is 13.7 Å². The molecule has 4 rings (SSSR count). The van der Waals surface area contributed by atoms with Crippen molar-refractivity contribution in [1.29, 1.82) is 0 Å². The third-order valence-corrected chi connectivity index (χ3v) is 6.90. The van der Waals surface area contributed by atoms with E-state index in [4.69, 9.17) is 21.1 Å². The van der Waals surface area contributed by atoms with E-state index in [2.05, 4.69) is 5.10 Å². The van der Waals surface area contributed by atoms with Crippen LogP contribution in [0.3, 0.4) is 0 Å². The van der Waals surface area contributed by atoms with E-state index in [1.54, 1.807) is 12.1 Å². The van der Waals surface area contributed by atoms with Crippen LogP contribution in [0.1, 0.15) is 0 Å². The van der Waals surface area contributed by atoms with Gasteiger partial charge in [0.2, 0.25) is 10.0 Å². The van der Waals surface area contributed by atoms with E-state index in [1.165, 1.54) is 10.9 Å². The lowest BCUT2D eigenvalue weighted by atomic mass is 10.3. The summed E-state index contributed by atoms with van der Waals surface area (Å²) in [5, 5.41) is 4.29. The molecule has 1 aromatic carbocycles. The van der Waals surface area contributed by atoms with Gasteiger partial charge in [0.15, 0.2) is 17.3 Å². The van der Waals surface area contributed by atoms with E-state index in [1.807, 2.05) is 0 Å². The van der Waals surface area contributed by atoms with Crippen LogP contribution < -0.4 is 4.90 Å². The molecule has 3 aromatic rings. The summed E-state index contributed by atoms with van der Waals surface area (Å²) in [5.41, 5.74) is 0. The minimum atomic E-state index is -4.26. The minimum absolute atomic E-state index is 0.113. The number of aromatic nitrogens is 2. The second-order valence-electron chi connectivity index (χ2n) is 6.51. The topological polar surface area (TPSA) is 85.9 Å². The molecule has 0 aliphatic carbocycles. The normalized spacial score (nSPS) is 16.3. The zero-order valence-electron chi connectivity index (χ0n) is 15.0. The Hall–Kier alpha value is -2.41. The summed E-state index contributed by atoms with van der Waals surface area (Å²) in [4.78, 5) is 0.262. The number of hydrogen-bond acceptors (Lipinski definition) is 6. The number of nitrogens with zero attached hydrogens (tertiary/aromatic N) is 3. The highest BCUT2D eigenvalue weighted by Gasteiger charge is 2.34. The second kappa shape index (κ2) is 7.78. The van der Waals surface area contributed by atoms with Crippen molar-refractivity contribution < 1.29 is 30.9 Å². The molecule has 154 valence electrons. The van der Waals surface area contributed by atoms with Crippen LogP contribution in [-0.2, 0) is 16.7 Å². The van der Waals surface area contributed by atoms with Crippen molar-refractivity contribution in [2.24, 2.45) is 0 Å². The molecule has 0 bridgehead atoms. The molecule has 0 unspecified atom stereocenters. The van der Waals surface area contributed by atoms with Gasteiger partial charge in [0, 0.05) is 0 Å². The van der Waals surface area contributed by atoms with E-state index in [0.29, 0.717) is 25.5 Å². The lowest BCUT2D eigenvalue weighted by Crippen LogP contribution is -3.14. The third kappa shape index (κ3) is 3.88. The molecule has 0 spiro atoms. The summed E-state index contributed by atoms with van der Waals surface area (Å²) in [6.07, 6.45) is 1.50. The monoisotopic (exact) mass is 443 g/mol. The number of quaternary nitrogens is 1. The first-order valence-electron chi connectivity index (χ1n) is 8.76. The zero-order chi connectivity index (χ0) is 20.6. The van der Waals surface area contributed by atoms with Crippen LogP contribution in [0.15, 0.2) is 50.3 Å². The van der Waals surface area contributed by atoms with Gasteiger partial charge in [-0.1, -0.05) is 6.07 Å². The average molecular weight is 443 g/mol. The van der Waals surface area contributed by atoms with Gasteiger partial charge in [-0.25, -0.2) is 17.2 Å². The highest BCUT2D eigenvalue weighted by atomic mass is 32.2. The van der Waals surface area contributed by atoms with Gasteiger partial charge in [0.25, 0.3) is 10.7 Å². The second-order valence-corrected chi connectivity index (χ2v) is 8.74. The predicted octanol–water partition coefficient (Wildman–Crippen LogP) is 1.29. The summed E-state index contributed by atoms with van der Waals surface area (Å²) >= 11 is 5.18. The largest absolute Gasteiger partial charge is 0.459 e. The van der Waals surface area contributed by atoms with Crippen molar-refractivity contribution in [3.05, 3.63) is 53.1 Å². The van der Waals surface area contributed by atoms with E-state index in [-0.39, 0.29) is 23.8 Å². The summed E-state index contributed by atoms with van der Waals surface area (Å²) in [5.74, 6) is -1.48. The van der Waals surface area contributed by atoms with Gasteiger partial charge in [-0.15, -0.1) is 5.10 Å². The van der Waals surface area contributed by atoms with Crippen LogP contribution in [0.2, 0.25) is 0 Å². The molecule has 0 radical (unpaired) electrons. The van der Waals surface area contributed by atoms with Crippen molar-refractivity contribution >= 4 is 22.2 Å². The maximum Gasteiger partial charge on any atom is 0.292 e. The first-order chi connectivity index (χ1) is 13.9. The number of halogens is 2. The lowest BCUT2D eigenvalue weighted by Gasteiger charge is -2.31. The minimum Gasteiger partial charge on any atom is -0.459 e. The summed E-state index contributed by atoms with van der Waals surface area (Å²) in [7, 11) is -4.26. The molecule has 2 aromatic heterocycles. The SMILES string of the molecule is O=S(=O)(c1c(F)cccc1F)N1CC[NH+](Cn2nc(-c3ccco3)oc2=S)CC1. The van der Waals surface area contributed by atoms with Gasteiger partial charge in [-0.2, -0.15) is 8.99 Å². The van der Waals surface area contributed by atoms with Crippen LogP contribution in [-0.4, -0.2) is 48.7 Å². The maximum atomic E-state index is 13.9.